The fourth-order valence-corrected chi connectivity index (χ4v) is 2.59. The molecular formula is C17H12F3N5O. The average molecular weight is 359 g/mol. The number of halogens is 3. The number of hydrogen-bond donors (Lipinski definition) is 1. The van der Waals surface area contributed by atoms with Gasteiger partial charge in [0.1, 0.15) is 11.4 Å². The topological polar surface area (TPSA) is 68.6 Å². The van der Waals surface area contributed by atoms with Crippen LogP contribution in [0.1, 0.15) is 5.56 Å². The highest BCUT2D eigenvalue weighted by Crippen LogP contribution is 2.24. The molecule has 0 aliphatic rings. The van der Waals surface area contributed by atoms with Crippen LogP contribution in [0, 0.1) is 0 Å². The van der Waals surface area contributed by atoms with Crippen LogP contribution in [0.2, 0.25) is 0 Å². The smallest absolute Gasteiger partial charge is 0.406 e. The van der Waals surface area contributed by atoms with Crippen molar-refractivity contribution in [3.05, 3.63) is 60.4 Å². The molecule has 4 aromatic rings. The second-order valence-corrected chi connectivity index (χ2v) is 5.67. The van der Waals surface area contributed by atoms with Gasteiger partial charge in [0.05, 0.1) is 24.5 Å². The van der Waals surface area contributed by atoms with E-state index in [0.29, 0.717) is 12.2 Å². The first-order valence-corrected chi connectivity index (χ1v) is 7.65. The first-order chi connectivity index (χ1) is 12.5. The van der Waals surface area contributed by atoms with E-state index in [1.807, 2.05) is 18.2 Å². The lowest BCUT2D eigenvalue weighted by Crippen LogP contribution is -2.17. The zero-order chi connectivity index (χ0) is 18.1. The minimum absolute atomic E-state index is 0.256. The maximum absolute atomic E-state index is 12.2. The third-order valence-corrected chi connectivity index (χ3v) is 3.78. The van der Waals surface area contributed by atoms with Crippen molar-refractivity contribution < 1.29 is 17.9 Å². The van der Waals surface area contributed by atoms with Crippen LogP contribution in [0.4, 0.5) is 13.2 Å². The van der Waals surface area contributed by atoms with Crippen molar-refractivity contribution in [2.24, 2.45) is 0 Å². The number of rotatable bonds is 4. The molecule has 2 heterocycles. The molecule has 0 saturated heterocycles. The van der Waals surface area contributed by atoms with E-state index in [9.17, 15) is 13.2 Å². The Morgan fingerprint density at radius 1 is 1.08 bits per heavy atom. The Labute approximate surface area is 145 Å². The number of alkyl halides is 3. The molecule has 0 unspecified atom stereocenters. The lowest BCUT2D eigenvalue weighted by atomic mass is 10.1. The van der Waals surface area contributed by atoms with Crippen molar-refractivity contribution in [2.75, 3.05) is 0 Å². The SMILES string of the molecule is FC(F)(F)Oc1ccc(Cn2cc(-c3ccc4[nH]ncc4c3)nn2)cc1. The summed E-state index contributed by atoms with van der Waals surface area (Å²) in [7, 11) is 0. The van der Waals surface area contributed by atoms with Crippen molar-refractivity contribution in [3.8, 4) is 17.0 Å². The maximum Gasteiger partial charge on any atom is 0.573 e. The number of fused-ring (bicyclic) bond motifs is 1. The number of nitrogens with zero attached hydrogens (tertiary/aromatic N) is 4. The molecular weight excluding hydrogens is 347 g/mol. The molecule has 6 nitrogen and oxygen atoms in total. The van der Waals surface area contributed by atoms with Crippen LogP contribution < -0.4 is 4.74 Å². The standard InChI is InChI=1S/C17H12F3N5O/c18-17(19,20)26-14-4-1-11(2-5-14)9-25-10-16(23-24-25)12-3-6-15-13(7-12)8-21-22-15/h1-8,10H,9H2,(H,21,22). The fourth-order valence-electron chi connectivity index (χ4n) is 2.59. The van der Waals surface area contributed by atoms with E-state index >= 15 is 0 Å². The Kier molecular flexibility index (Phi) is 3.83. The summed E-state index contributed by atoms with van der Waals surface area (Å²) in [6, 6.07) is 11.4. The van der Waals surface area contributed by atoms with Gasteiger partial charge in [0, 0.05) is 10.9 Å². The zero-order valence-corrected chi connectivity index (χ0v) is 13.2. The molecule has 0 atom stereocenters. The van der Waals surface area contributed by atoms with Crippen molar-refractivity contribution in [1.29, 1.82) is 0 Å². The predicted molar refractivity (Wildman–Crippen MR) is 87.3 cm³/mol. The summed E-state index contributed by atoms with van der Waals surface area (Å²) in [5, 5.41) is 16.1. The fraction of sp³-hybridized carbons (Fsp3) is 0.118. The van der Waals surface area contributed by atoms with Gasteiger partial charge in [0.25, 0.3) is 0 Å². The number of nitrogens with one attached hydrogen (secondary N) is 1. The molecule has 132 valence electrons. The van der Waals surface area contributed by atoms with Gasteiger partial charge in [0.2, 0.25) is 0 Å². The largest absolute Gasteiger partial charge is 0.573 e. The summed E-state index contributed by atoms with van der Waals surface area (Å²) in [5.41, 5.74) is 3.31. The average Bonchev–Trinajstić information content (AvgIpc) is 3.23. The first-order valence-electron chi connectivity index (χ1n) is 7.65. The lowest BCUT2D eigenvalue weighted by Gasteiger charge is -2.09. The third kappa shape index (κ3) is 3.51. The number of aromatic amines is 1. The molecule has 2 aromatic carbocycles. The van der Waals surface area contributed by atoms with E-state index in [0.717, 1.165) is 22.0 Å². The summed E-state index contributed by atoms with van der Waals surface area (Å²) in [5.74, 6) is -0.256. The molecule has 4 rings (SSSR count). The summed E-state index contributed by atoms with van der Waals surface area (Å²) < 4.78 is 42.0. The first kappa shape index (κ1) is 16.1. The number of hydrogen-bond acceptors (Lipinski definition) is 4. The van der Waals surface area contributed by atoms with Gasteiger partial charge in [-0.25, -0.2) is 4.68 Å². The molecule has 0 aliphatic carbocycles. The molecule has 0 radical (unpaired) electrons. The van der Waals surface area contributed by atoms with E-state index in [1.54, 1.807) is 29.2 Å². The van der Waals surface area contributed by atoms with Gasteiger partial charge in [-0.1, -0.05) is 23.4 Å². The molecule has 0 bridgehead atoms. The van der Waals surface area contributed by atoms with Gasteiger partial charge in [-0.3, -0.25) is 5.10 Å². The van der Waals surface area contributed by atoms with Crippen molar-refractivity contribution >= 4 is 10.9 Å². The highest BCUT2D eigenvalue weighted by Gasteiger charge is 2.30. The van der Waals surface area contributed by atoms with E-state index in [2.05, 4.69) is 25.2 Å². The summed E-state index contributed by atoms with van der Waals surface area (Å²) in [6.07, 6.45) is -1.19. The zero-order valence-electron chi connectivity index (χ0n) is 13.2. The number of ether oxygens (including phenoxy) is 1. The van der Waals surface area contributed by atoms with Crippen LogP contribution in [-0.2, 0) is 6.54 Å². The normalized spacial score (nSPS) is 11.8. The molecule has 0 spiro atoms. The van der Waals surface area contributed by atoms with Crippen LogP contribution in [0.15, 0.2) is 54.9 Å². The number of benzene rings is 2. The van der Waals surface area contributed by atoms with Crippen LogP contribution in [-0.4, -0.2) is 31.6 Å². The van der Waals surface area contributed by atoms with Crippen LogP contribution >= 0.6 is 0 Å². The molecule has 0 fully saturated rings. The minimum atomic E-state index is -4.70. The Balaban J connectivity index is 1.49. The van der Waals surface area contributed by atoms with Gasteiger partial charge in [-0.05, 0) is 29.8 Å². The van der Waals surface area contributed by atoms with Crippen molar-refractivity contribution in [1.82, 2.24) is 25.2 Å². The van der Waals surface area contributed by atoms with Crippen LogP contribution in [0.3, 0.4) is 0 Å². The molecule has 0 amide bonds. The summed E-state index contributed by atoms with van der Waals surface area (Å²) >= 11 is 0. The summed E-state index contributed by atoms with van der Waals surface area (Å²) in [4.78, 5) is 0. The number of H-pyrrole nitrogens is 1. The molecule has 2 aromatic heterocycles. The van der Waals surface area contributed by atoms with Gasteiger partial charge in [-0.2, -0.15) is 5.10 Å². The van der Waals surface area contributed by atoms with Gasteiger partial charge in [-0.15, -0.1) is 18.3 Å². The third-order valence-electron chi connectivity index (χ3n) is 3.78. The van der Waals surface area contributed by atoms with Crippen LogP contribution in [0.5, 0.6) is 5.75 Å². The Bertz CT molecular complexity index is 1040. The van der Waals surface area contributed by atoms with Gasteiger partial charge in [0.15, 0.2) is 0 Å². The quantitative estimate of drug-likeness (QED) is 0.602. The van der Waals surface area contributed by atoms with E-state index in [-0.39, 0.29) is 5.75 Å². The van der Waals surface area contributed by atoms with Gasteiger partial charge >= 0.3 is 6.36 Å². The summed E-state index contributed by atoms with van der Waals surface area (Å²) in [6.45, 7) is 0.382. The Morgan fingerprint density at radius 3 is 2.65 bits per heavy atom. The van der Waals surface area contributed by atoms with Crippen molar-refractivity contribution in [2.45, 2.75) is 12.9 Å². The van der Waals surface area contributed by atoms with Crippen LogP contribution in [0.25, 0.3) is 22.2 Å². The predicted octanol–water partition coefficient (Wildman–Crippen LogP) is 3.77. The molecule has 9 heteroatoms. The van der Waals surface area contributed by atoms with Gasteiger partial charge < -0.3 is 4.74 Å². The van der Waals surface area contributed by atoms with Crippen molar-refractivity contribution in [3.63, 3.8) is 0 Å². The molecule has 1 N–H and O–H groups in total. The minimum Gasteiger partial charge on any atom is -0.406 e. The molecule has 26 heavy (non-hydrogen) atoms. The second-order valence-electron chi connectivity index (χ2n) is 5.67. The highest BCUT2D eigenvalue weighted by molar-refractivity contribution is 5.83. The van der Waals surface area contributed by atoms with E-state index in [1.165, 1.54) is 12.1 Å². The van der Waals surface area contributed by atoms with E-state index < -0.39 is 6.36 Å². The second kappa shape index (κ2) is 6.17. The van der Waals surface area contributed by atoms with E-state index in [4.69, 9.17) is 0 Å². The highest BCUT2D eigenvalue weighted by atomic mass is 19.4. The Morgan fingerprint density at radius 2 is 1.88 bits per heavy atom. The maximum atomic E-state index is 12.2. The number of aromatic nitrogens is 5. The molecule has 0 saturated carbocycles. The Hall–Kier alpha value is -3.36. The monoisotopic (exact) mass is 359 g/mol. The molecule has 0 aliphatic heterocycles. The lowest BCUT2D eigenvalue weighted by molar-refractivity contribution is -0.274.